The topological polar surface area (TPSA) is 105 Å². The van der Waals surface area contributed by atoms with Crippen LogP contribution in [0.15, 0.2) is 24.3 Å². The molecule has 0 aliphatic carbocycles. The molecule has 0 fully saturated rings. The number of rotatable bonds is 56. The highest BCUT2D eigenvalue weighted by Gasteiger charge is 2.28. The minimum atomic E-state index is -4.32. The van der Waals surface area contributed by atoms with E-state index in [1.54, 1.807) is 0 Å². The molecule has 0 spiro atoms. The van der Waals surface area contributed by atoms with Crippen molar-refractivity contribution in [2.24, 2.45) is 0 Å². The smallest absolute Gasteiger partial charge is 0.391 e. The van der Waals surface area contributed by atoms with Crippen LogP contribution < -0.4 is 5.32 Å². The van der Waals surface area contributed by atoms with Crippen molar-refractivity contribution in [2.45, 2.75) is 315 Å². The van der Waals surface area contributed by atoms with Crippen molar-refractivity contribution in [2.75, 3.05) is 40.9 Å². The van der Waals surface area contributed by atoms with E-state index < -0.39 is 20.0 Å². The quantitative estimate of drug-likeness (QED) is 0.0243. The van der Waals surface area contributed by atoms with Gasteiger partial charge in [0.05, 0.1) is 39.9 Å². The van der Waals surface area contributed by atoms with E-state index in [1.165, 1.54) is 231 Å². The van der Waals surface area contributed by atoms with Crippen LogP contribution in [0.3, 0.4) is 0 Å². The SMILES string of the molecule is CCCCCCC/C=C\C/C=C\CCCCCCCCCCCCCCCCCC(=O)NC(COP(=O)(O)OCC[N+](C)(C)C)C(O)CCCCCCCCCCCCCCCCCCCCCC. The van der Waals surface area contributed by atoms with Crippen molar-refractivity contribution >= 4 is 13.7 Å². The number of nitrogens with zero attached hydrogens (tertiary/aromatic N) is 1. The van der Waals surface area contributed by atoms with E-state index in [9.17, 15) is 19.4 Å². The zero-order valence-electron chi connectivity index (χ0n) is 46.8. The van der Waals surface area contributed by atoms with Gasteiger partial charge in [-0.2, -0.15) is 0 Å². The number of unbranched alkanes of at least 4 members (excludes halogenated alkanes) is 39. The van der Waals surface area contributed by atoms with Crippen LogP contribution in [0.2, 0.25) is 0 Å². The summed E-state index contributed by atoms with van der Waals surface area (Å²) in [7, 11) is 1.63. The molecule has 3 unspecified atom stereocenters. The number of carbonyl (C=O) groups excluding carboxylic acids is 1. The number of aliphatic hydroxyl groups is 1. The number of nitrogens with one attached hydrogen (secondary N) is 1. The van der Waals surface area contributed by atoms with Gasteiger partial charge >= 0.3 is 7.82 Å². The van der Waals surface area contributed by atoms with Gasteiger partial charge in [-0.15, -0.1) is 0 Å². The second kappa shape index (κ2) is 51.9. The Morgan fingerprint density at radius 2 is 0.826 bits per heavy atom. The minimum absolute atomic E-state index is 0.0767. The van der Waals surface area contributed by atoms with E-state index in [0.29, 0.717) is 23.9 Å². The molecule has 0 saturated heterocycles. The third kappa shape index (κ3) is 54.6. The van der Waals surface area contributed by atoms with Crippen LogP contribution in [0, 0.1) is 0 Å². The van der Waals surface area contributed by atoms with E-state index in [1.807, 2.05) is 21.1 Å². The summed E-state index contributed by atoms with van der Waals surface area (Å²) in [6.45, 7) is 4.92. The highest BCUT2D eigenvalue weighted by Crippen LogP contribution is 2.43. The first-order valence-corrected chi connectivity index (χ1v) is 31.7. The second-order valence-electron chi connectivity index (χ2n) is 22.1. The van der Waals surface area contributed by atoms with Crippen molar-refractivity contribution < 1.29 is 32.9 Å². The molecule has 8 nitrogen and oxygen atoms in total. The van der Waals surface area contributed by atoms with Gasteiger partial charge < -0.3 is 19.8 Å². The summed E-state index contributed by atoms with van der Waals surface area (Å²) in [5.41, 5.74) is 0. The molecule has 3 N–H and O–H groups in total. The van der Waals surface area contributed by atoms with Crippen LogP contribution >= 0.6 is 7.82 Å². The first kappa shape index (κ1) is 68.0. The zero-order valence-corrected chi connectivity index (χ0v) is 47.7. The van der Waals surface area contributed by atoms with E-state index in [0.717, 1.165) is 44.9 Å². The molecule has 410 valence electrons. The Morgan fingerprint density at radius 3 is 1.19 bits per heavy atom. The van der Waals surface area contributed by atoms with Crippen molar-refractivity contribution in [1.82, 2.24) is 5.32 Å². The number of quaternary nitrogens is 1. The van der Waals surface area contributed by atoms with Crippen molar-refractivity contribution in [3.8, 4) is 0 Å². The minimum Gasteiger partial charge on any atom is -0.391 e. The van der Waals surface area contributed by atoms with E-state index in [4.69, 9.17) is 9.05 Å². The van der Waals surface area contributed by atoms with Gasteiger partial charge in [0.25, 0.3) is 0 Å². The van der Waals surface area contributed by atoms with E-state index in [2.05, 4.69) is 43.5 Å². The summed E-state index contributed by atoms with van der Waals surface area (Å²) in [5, 5.41) is 14.1. The maximum absolute atomic E-state index is 13.0. The first-order chi connectivity index (χ1) is 33.5. The molecular weight excluding hydrogens is 876 g/mol. The lowest BCUT2D eigenvalue weighted by Crippen LogP contribution is -2.46. The van der Waals surface area contributed by atoms with Gasteiger partial charge in [0.1, 0.15) is 13.2 Å². The van der Waals surface area contributed by atoms with Crippen LogP contribution in [0.5, 0.6) is 0 Å². The van der Waals surface area contributed by atoms with Crippen LogP contribution in [0.4, 0.5) is 0 Å². The Kier molecular flexibility index (Phi) is 51.1. The van der Waals surface area contributed by atoms with Crippen molar-refractivity contribution in [3.05, 3.63) is 24.3 Å². The maximum atomic E-state index is 13.0. The van der Waals surface area contributed by atoms with Gasteiger partial charge in [-0.3, -0.25) is 13.8 Å². The first-order valence-electron chi connectivity index (χ1n) is 30.2. The van der Waals surface area contributed by atoms with Crippen molar-refractivity contribution in [1.29, 1.82) is 0 Å². The largest absolute Gasteiger partial charge is 0.472 e. The maximum Gasteiger partial charge on any atom is 0.472 e. The summed E-state index contributed by atoms with van der Waals surface area (Å²) in [4.78, 5) is 23.4. The summed E-state index contributed by atoms with van der Waals surface area (Å²) in [6, 6.07) is -0.759. The van der Waals surface area contributed by atoms with Gasteiger partial charge in [-0.1, -0.05) is 276 Å². The van der Waals surface area contributed by atoms with Gasteiger partial charge in [-0.05, 0) is 44.9 Å². The number of allylic oxidation sites excluding steroid dienone is 4. The number of amides is 1. The normalized spacial score (nSPS) is 14.0. The molecule has 0 aromatic carbocycles. The van der Waals surface area contributed by atoms with Crippen LogP contribution in [0.1, 0.15) is 303 Å². The summed E-state index contributed by atoms with van der Waals surface area (Å²) in [6.07, 6.45) is 65.2. The van der Waals surface area contributed by atoms with Gasteiger partial charge in [0, 0.05) is 6.42 Å². The third-order valence-corrected chi connectivity index (χ3v) is 14.9. The van der Waals surface area contributed by atoms with Crippen LogP contribution in [-0.2, 0) is 18.4 Å². The lowest BCUT2D eigenvalue weighted by molar-refractivity contribution is -0.870. The lowest BCUT2D eigenvalue weighted by atomic mass is 10.0. The summed E-state index contributed by atoms with van der Waals surface area (Å²) < 4.78 is 23.8. The van der Waals surface area contributed by atoms with Gasteiger partial charge in [0.2, 0.25) is 5.91 Å². The molecule has 0 saturated carbocycles. The molecule has 69 heavy (non-hydrogen) atoms. The molecule has 3 atom stereocenters. The Morgan fingerprint density at radius 1 is 0.493 bits per heavy atom. The number of phosphoric ester groups is 1. The van der Waals surface area contributed by atoms with Gasteiger partial charge in [0.15, 0.2) is 0 Å². The molecule has 0 aromatic rings. The molecular formula is C60H120N2O6P+. The van der Waals surface area contributed by atoms with Crippen LogP contribution in [-0.4, -0.2) is 73.4 Å². The Labute approximate surface area is 430 Å². The highest BCUT2D eigenvalue weighted by atomic mass is 31.2. The fourth-order valence-electron chi connectivity index (χ4n) is 9.20. The lowest BCUT2D eigenvalue weighted by Gasteiger charge is -2.26. The van der Waals surface area contributed by atoms with Gasteiger partial charge in [-0.25, -0.2) is 4.57 Å². The molecule has 0 radical (unpaired) electrons. The average molecular weight is 997 g/mol. The molecule has 9 heteroatoms. The molecule has 0 aliphatic heterocycles. The standard InChI is InChI=1S/C60H119N2O6P/c1-6-8-10-12-14-16-18-20-22-24-26-28-29-30-31-32-33-34-36-38-40-42-44-46-48-50-52-54-60(64)61-58(57-68-69(65,66)67-56-55-62(3,4)5)59(63)53-51-49-47-45-43-41-39-37-35-27-25-23-21-19-17-15-13-11-9-7-2/h18,20,24,26,58-59,63H,6-17,19,21-23,25,27-57H2,1-5H3,(H-,61,64,65,66)/p+1/b20-18-,26-24-. The Bertz CT molecular complexity index is 1170. The molecule has 0 bridgehead atoms. The average Bonchev–Trinajstić information content (AvgIpc) is 3.31. The monoisotopic (exact) mass is 996 g/mol. The number of likely N-dealkylation sites (N-methyl/N-ethyl adjacent to an activating group) is 1. The second-order valence-corrected chi connectivity index (χ2v) is 23.5. The summed E-state index contributed by atoms with van der Waals surface area (Å²) >= 11 is 0. The number of hydrogen-bond donors (Lipinski definition) is 3. The molecule has 0 rings (SSSR count). The van der Waals surface area contributed by atoms with Crippen LogP contribution in [0.25, 0.3) is 0 Å². The number of aliphatic hydroxyl groups excluding tert-OH is 1. The molecule has 0 aromatic heterocycles. The van der Waals surface area contributed by atoms with E-state index in [-0.39, 0.29) is 19.1 Å². The zero-order chi connectivity index (χ0) is 50.6. The number of hydrogen-bond acceptors (Lipinski definition) is 5. The van der Waals surface area contributed by atoms with E-state index >= 15 is 0 Å². The molecule has 1 amide bonds. The Balaban J connectivity index is 4.10. The fourth-order valence-corrected chi connectivity index (χ4v) is 9.93. The fraction of sp³-hybridized carbons (Fsp3) is 0.917. The highest BCUT2D eigenvalue weighted by molar-refractivity contribution is 7.47. The predicted molar refractivity (Wildman–Crippen MR) is 300 cm³/mol. The Hall–Kier alpha value is -1.02. The van der Waals surface area contributed by atoms with Crippen molar-refractivity contribution in [3.63, 3.8) is 0 Å². The molecule has 0 heterocycles. The molecule has 0 aliphatic rings. The number of phosphoric acid groups is 1. The third-order valence-electron chi connectivity index (χ3n) is 14.0. The summed E-state index contributed by atoms with van der Waals surface area (Å²) in [5.74, 6) is -0.139. The predicted octanol–water partition coefficient (Wildman–Crippen LogP) is 18.4. The number of carbonyl (C=O) groups is 1.